The molecule has 1 aliphatic heterocycles. The Labute approximate surface area is 74.5 Å². The lowest BCUT2D eigenvalue weighted by Gasteiger charge is -2.23. The fourth-order valence-corrected chi connectivity index (χ4v) is 0.907. The third-order valence-corrected chi connectivity index (χ3v) is 1.46. The molecule has 0 saturated heterocycles. The van der Waals surface area contributed by atoms with Crippen LogP contribution in [0.15, 0.2) is 23.7 Å². The van der Waals surface area contributed by atoms with Crippen LogP contribution in [0.5, 0.6) is 0 Å². The van der Waals surface area contributed by atoms with Gasteiger partial charge in [0.25, 0.3) is 0 Å². The highest BCUT2D eigenvalue weighted by atomic mass is 16.7. The van der Waals surface area contributed by atoms with Gasteiger partial charge in [0, 0.05) is 12.4 Å². The van der Waals surface area contributed by atoms with Crippen molar-refractivity contribution in [2.75, 3.05) is 12.2 Å². The van der Waals surface area contributed by atoms with Gasteiger partial charge in [0.1, 0.15) is 0 Å². The highest BCUT2D eigenvalue weighted by Crippen LogP contribution is 2.09. The third kappa shape index (κ3) is 1.36. The second-order valence-corrected chi connectivity index (χ2v) is 2.21. The first-order valence-corrected chi connectivity index (χ1v) is 3.60. The van der Waals surface area contributed by atoms with Crippen LogP contribution < -0.4 is 10.7 Å². The van der Waals surface area contributed by atoms with Crippen molar-refractivity contribution in [3.63, 3.8) is 0 Å². The molecule has 0 unspecified atom stereocenters. The van der Waals surface area contributed by atoms with Gasteiger partial charge >= 0.3 is 0 Å². The first-order chi connectivity index (χ1) is 6.42. The van der Waals surface area contributed by atoms with Crippen LogP contribution >= 0.6 is 0 Å². The zero-order valence-electron chi connectivity index (χ0n) is 6.95. The smallest absolute Gasteiger partial charge is 0.192 e. The lowest BCUT2D eigenvalue weighted by Crippen LogP contribution is -2.42. The highest BCUT2D eigenvalue weighted by Gasteiger charge is 2.18. The van der Waals surface area contributed by atoms with E-state index in [0.717, 1.165) is 0 Å². The van der Waals surface area contributed by atoms with Gasteiger partial charge in [0.15, 0.2) is 12.2 Å². The largest absolute Gasteiger partial charge is 0.259 e. The van der Waals surface area contributed by atoms with Gasteiger partial charge in [-0.15, -0.1) is 15.4 Å². The summed E-state index contributed by atoms with van der Waals surface area (Å²) in [5, 5.41) is 6.68. The summed E-state index contributed by atoms with van der Waals surface area (Å²) in [7, 11) is 1.53. The lowest BCUT2D eigenvalue weighted by molar-refractivity contribution is -0.0696. The Balaban J connectivity index is 2.18. The number of nitrogens with one attached hydrogen (secondary N) is 1. The Hall–Kier alpha value is -1.89. The van der Waals surface area contributed by atoms with Gasteiger partial charge in [-0.2, -0.15) is 5.53 Å². The molecule has 0 amide bonds. The second-order valence-electron chi connectivity index (χ2n) is 2.21. The van der Waals surface area contributed by atoms with Gasteiger partial charge in [0.05, 0.1) is 13.3 Å². The monoisotopic (exact) mass is 180 g/mol. The Morgan fingerprint density at radius 2 is 2.38 bits per heavy atom. The predicted molar refractivity (Wildman–Crippen MR) is 45.0 cm³/mol. The molecule has 2 heterocycles. The van der Waals surface area contributed by atoms with Gasteiger partial charge in [-0.3, -0.25) is 9.82 Å². The van der Waals surface area contributed by atoms with E-state index in [1.807, 2.05) is 0 Å². The minimum atomic E-state index is 0.599. The first kappa shape index (κ1) is 7.74. The molecular formula is C6H8N6O. The van der Waals surface area contributed by atoms with Crippen LogP contribution in [-0.2, 0) is 4.84 Å². The van der Waals surface area contributed by atoms with Crippen LogP contribution in [-0.4, -0.2) is 28.6 Å². The Morgan fingerprint density at radius 3 is 3.08 bits per heavy atom. The summed E-state index contributed by atoms with van der Waals surface area (Å²) in [4.78, 5) is 12.9. The number of hydroxylamine groups is 1. The number of rotatable bonds is 2. The molecule has 68 valence electrons. The van der Waals surface area contributed by atoms with Crippen LogP contribution in [0.3, 0.4) is 0 Å². The molecule has 1 aromatic rings. The predicted octanol–water partition coefficient (Wildman–Crippen LogP) is -0.477. The first-order valence-electron chi connectivity index (χ1n) is 3.60. The summed E-state index contributed by atoms with van der Waals surface area (Å²) in [6.07, 6.45) is 6.25. The van der Waals surface area contributed by atoms with Crippen molar-refractivity contribution in [2.45, 2.75) is 0 Å². The van der Waals surface area contributed by atoms with Crippen LogP contribution in [0.4, 0.5) is 5.82 Å². The Morgan fingerprint density at radius 1 is 1.46 bits per heavy atom. The molecule has 0 spiro atoms. The van der Waals surface area contributed by atoms with Crippen LogP contribution in [0, 0.1) is 0 Å². The van der Waals surface area contributed by atoms with Crippen LogP contribution in [0.2, 0.25) is 0 Å². The molecule has 7 heteroatoms. The molecular weight excluding hydrogens is 172 g/mol. The maximum Gasteiger partial charge on any atom is 0.192 e. The third-order valence-electron chi connectivity index (χ3n) is 1.46. The summed E-state index contributed by atoms with van der Waals surface area (Å²) in [5.74, 6) is 0.599. The molecule has 1 aromatic heterocycles. The number of aromatic nitrogens is 2. The van der Waals surface area contributed by atoms with E-state index in [0.29, 0.717) is 5.82 Å². The van der Waals surface area contributed by atoms with Crippen molar-refractivity contribution >= 4 is 12.2 Å². The lowest BCUT2D eigenvalue weighted by atomic mass is 10.7. The summed E-state index contributed by atoms with van der Waals surface area (Å²) in [6, 6.07) is 0. The minimum Gasteiger partial charge on any atom is -0.259 e. The normalized spacial score (nSPS) is 14.8. The minimum absolute atomic E-state index is 0.599. The Kier molecular flexibility index (Phi) is 1.93. The van der Waals surface area contributed by atoms with E-state index in [1.165, 1.54) is 23.7 Å². The van der Waals surface area contributed by atoms with E-state index in [9.17, 15) is 0 Å². The van der Waals surface area contributed by atoms with Crippen molar-refractivity contribution in [3.05, 3.63) is 18.6 Å². The van der Waals surface area contributed by atoms with E-state index in [1.54, 1.807) is 18.6 Å². The molecule has 1 N–H and O–H groups in total. The maximum absolute atomic E-state index is 4.96. The fourth-order valence-electron chi connectivity index (χ4n) is 0.907. The molecule has 13 heavy (non-hydrogen) atoms. The SMILES string of the molecule is CON1C=NNN1c1cnccn1. The standard InChI is InChI=1S/C6H8N6O/c1-13-11-5-9-10-12(11)6-4-7-2-3-8-6/h2-5,10H,1H3. The van der Waals surface area contributed by atoms with Gasteiger partial charge < -0.3 is 0 Å². The van der Waals surface area contributed by atoms with Gasteiger partial charge in [0.2, 0.25) is 0 Å². The maximum atomic E-state index is 4.96. The average Bonchev–Trinajstić information content (AvgIpc) is 2.67. The van der Waals surface area contributed by atoms with Crippen molar-refractivity contribution in [1.82, 2.24) is 20.7 Å². The van der Waals surface area contributed by atoms with E-state index < -0.39 is 0 Å². The van der Waals surface area contributed by atoms with Crippen LogP contribution in [0.25, 0.3) is 0 Å². The topological polar surface area (TPSA) is 65.9 Å². The van der Waals surface area contributed by atoms with E-state index >= 15 is 0 Å². The van der Waals surface area contributed by atoms with Gasteiger partial charge in [-0.25, -0.2) is 4.98 Å². The number of hydrazone groups is 1. The molecule has 0 atom stereocenters. The summed E-state index contributed by atoms with van der Waals surface area (Å²) < 4.78 is 0. The summed E-state index contributed by atoms with van der Waals surface area (Å²) in [5.41, 5.74) is 2.68. The Bertz CT molecular complexity index is 301. The van der Waals surface area contributed by atoms with Crippen LogP contribution in [0.1, 0.15) is 0 Å². The zero-order chi connectivity index (χ0) is 9.10. The number of nitrogens with zero attached hydrogens (tertiary/aromatic N) is 5. The number of anilines is 1. The average molecular weight is 180 g/mol. The number of hydrazine groups is 2. The molecule has 0 aliphatic carbocycles. The molecule has 1 aliphatic rings. The zero-order valence-corrected chi connectivity index (χ0v) is 6.95. The number of hydrogen-bond donors (Lipinski definition) is 1. The molecule has 0 saturated carbocycles. The molecule has 0 bridgehead atoms. The van der Waals surface area contributed by atoms with E-state index in [2.05, 4.69) is 20.6 Å². The van der Waals surface area contributed by atoms with Crippen molar-refractivity contribution in [3.8, 4) is 0 Å². The van der Waals surface area contributed by atoms with E-state index in [4.69, 9.17) is 4.84 Å². The highest BCUT2D eigenvalue weighted by molar-refractivity contribution is 5.59. The van der Waals surface area contributed by atoms with E-state index in [-0.39, 0.29) is 0 Å². The quantitative estimate of drug-likeness (QED) is 0.663. The van der Waals surface area contributed by atoms with Gasteiger partial charge in [-0.1, -0.05) is 0 Å². The fraction of sp³-hybridized carbons (Fsp3) is 0.167. The van der Waals surface area contributed by atoms with Crippen molar-refractivity contribution < 1.29 is 4.84 Å². The molecule has 2 rings (SSSR count). The van der Waals surface area contributed by atoms with Crippen molar-refractivity contribution in [2.24, 2.45) is 5.10 Å². The summed E-state index contributed by atoms with van der Waals surface area (Å²) >= 11 is 0. The summed E-state index contributed by atoms with van der Waals surface area (Å²) in [6.45, 7) is 0. The molecule has 0 aromatic carbocycles. The van der Waals surface area contributed by atoms with Crippen molar-refractivity contribution in [1.29, 1.82) is 0 Å². The molecule has 0 fully saturated rings. The molecule has 0 radical (unpaired) electrons. The van der Waals surface area contributed by atoms with Gasteiger partial charge in [-0.05, 0) is 0 Å². The molecule has 7 nitrogen and oxygen atoms in total. The second kappa shape index (κ2) is 3.23. The number of hydrogen-bond acceptors (Lipinski definition) is 7.